The van der Waals surface area contributed by atoms with Crippen molar-refractivity contribution in [2.45, 2.75) is 42.0 Å². The highest BCUT2D eigenvalue weighted by molar-refractivity contribution is 7.93. The van der Waals surface area contributed by atoms with Gasteiger partial charge in [0.05, 0.1) is 5.38 Å². The van der Waals surface area contributed by atoms with E-state index in [2.05, 4.69) is 25.7 Å². The topological polar surface area (TPSA) is 95.5 Å². The highest BCUT2D eigenvalue weighted by atomic mass is 35.5. The molecule has 1 amide bonds. The Hall–Kier alpha value is -2.43. The molecule has 0 spiro atoms. The molecule has 0 saturated carbocycles. The van der Waals surface area contributed by atoms with Crippen molar-refractivity contribution in [3.63, 3.8) is 0 Å². The predicted octanol–water partition coefficient (Wildman–Crippen LogP) is 3.36. The van der Waals surface area contributed by atoms with Crippen molar-refractivity contribution in [1.29, 1.82) is 0 Å². The summed E-state index contributed by atoms with van der Waals surface area (Å²) in [7, 11) is -3.78. The molecule has 0 radical (unpaired) electrons. The largest absolute Gasteiger partial charge is 0.359 e. The zero-order chi connectivity index (χ0) is 22.3. The quantitative estimate of drug-likeness (QED) is 0.644. The summed E-state index contributed by atoms with van der Waals surface area (Å²) in [6, 6.07) is 2.80. The summed E-state index contributed by atoms with van der Waals surface area (Å²) in [5, 5.41) is 2.00. The number of hydrogen-bond donors (Lipinski definition) is 1. The second kappa shape index (κ2) is 8.49. The van der Waals surface area contributed by atoms with E-state index in [9.17, 15) is 13.2 Å². The van der Waals surface area contributed by atoms with Gasteiger partial charge in [0.2, 0.25) is 0 Å². The van der Waals surface area contributed by atoms with E-state index >= 15 is 0 Å². The van der Waals surface area contributed by atoms with Crippen molar-refractivity contribution in [2.24, 2.45) is 0 Å². The van der Waals surface area contributed by atoms with Gasteiger partial charge in [0.25, 0.3) is 15.9 Å². The lowest BCUT2D eigenvalue weighted by Gasteiger charge is -2.38. The fourth-order valence-electron chi connectivity index (χ4n) is 4.48. The van der Waals surface area contributed by atoms with Crippen LogP contribution in [0.4, 0.5) is 10.9 Å². The lowest BCUT2D eigenvalue weighted by Crippen LogP contribution is -2.44. The van der Waals surface area contributed by atoms with Crippen molar-refractivity contribution < 1.29 is 13.2 Å². The number of amides is 1. The Morgan fingerprint density at radius 2 is 2.09 bits per heavy atom. The molecule has 2 aliphatic heterocycles. The summed E-state index contributed by atoms with van der Waals surface area (Å²) in [4.78, 5) is 25.4. The molecule has 1 aliphatic carbocycles. The third-order valence-electron chi connectivity index (χ3n) is 5.97. The molecular formula is C21H22ClN5O3S2. The number of hydrogen-bond acceptors (Lipinski definition) is 7. The summed E-state index contributed by atoms with van der Waals surface area (Å²) in [5.74, 6) is 0.445. The second-order valence-electron chi connectivity index (χ2n) is 7.95. The van der Waals surface area contributed by atoms with Crippen LogP contribution in [0.25, 0.3) is 0 Å². The lowest BCUT2D eigenvalue weighted by molar-refractivity contribution is -0.121. The number of nitrogens with zero attached hydrogens (tertiary/aromatic N) is 4. The van der Waals surface area contributed by atoms with Gasteiger partial charge < -0.3 is 4.90 Å². The molecule has 1 N–H and O–H groups in total. The molecule has 0 bridgehead atoms. The standard InChI is InChI=1S/C21H22ClN5O3S2/c22-15-3-5-17-14(12-15)2-1-9-26(17)18-7-10-27(20(18)28)19-6-4-16(13-24-19)32(29,30)25-21-23-8-11-31-21/h3-6,8,11,13,15,18H,1-2,7,9-10,12H2,(H,23,25)/t15?,18-/m0/s1. The monoisotopic (exact) mass is 491 g/mol. The highest BCUT2D eigenvalue weighted by Gasteiger charge is 2.39. The van der Waals surface area contributed by atoms with Crippen LogP contribution in [0.5, 0.6) is 0 Å². The molecule has 1 fully saturated rings. The van der Waals surface area contributed by atoms with Crippen molar-refractivity contribution >= 4 is 49.8 Å². The van der Waals surface area contributed by atoms with Crippen LogP contribution in [0.15, 0.2) is 58.2 Å². The van der Waals surface area contributed by atoms with Crippen molar-refractivity contribution in [2.75, 3.05) is 22.7 Å². The van der Waals surface area contributed by atoms with Gasteiger partial charge in [-0.1, -0.05) is 6.08 Å². The Morgan fingerprint density at radius 1 is 1.22 bits per heavy atom. The molecule has 4 heterocycles. The number of nitrogens with one attached hydrogen (secondary N) is 1. The van der Waals surface area contributed by atoms with Crippen LogP contribution >= 0.6 is 22.9 Å². The summed E-state index contributed by atoms with van der Waals surface area (Å²) in [6.07, 6.45) is 10.4. The number of carbonyl (C=O) groups is 1. The molecule has 32 heavy (non-hydrogen) atoms. The van der Waals surface area contributed by atoms with E-state index < -0.39 is 10.0 Å². The maximum atomic E-state index is 13.3. The average Bonchev–Trinajstić information content (AvgIpc) is 3.42. The van der Waals surface area contributed by atoms with Crippen LogP contribution in [0.2, 0.25) is 0 Å². The maximum absolute atomic E-state index is 13.3. The molecular weight excluding hydrogens is 470 g/mol. The number of carbonyl (C=O) groups excluding carboxylic acids is 1. The molecule has 0 aromatic carbocycles. The lowest BCUT2D eigenvalue weighted by atomic mass is 9.92. The smallest absolute Gasteiger partial charge is 0.265 e. The first kappa shape index (κ1) is 21.4. The van der Waals surface area contributed by atoms with Gasteiger partial charge in [-0.3, -0.25) is 14.4 Å². The number of rotatable bonds is 5. The van der Waals surface area contributed by atoms with E-state index in [4.69, 9.17) is 11.6 Å². The van der Waals surface area contributed by atoms with Crippen LogP contribution in [-0.2, 0) is 14.8 Å². The van der Waals surface area contributed by atoms with E-state index in [0.717, 1.165) is 31.5 Å². The fourth-order valence-corrected chi connectivity index (χ4v) is 6.47. The van der Waals surface area contributed by atoms with Crippen LogP contribution in [0, 0.1) is 0 Å². The van der Waals surface area contributed by atoms with Gasteiger partial charge in [-0.25, -0.2) is 18.4 Å². The molecule has 3 aliphatic rings. The van der Waals surface area contributed by atoms with Gasteiger partial charge in [-0.15, -0.1) is 22.9 Å². The first-order valence-electron chi connectivity index (χ1n) is 10.4. The van der Waals surface area contributed by atoms with Crippen LogP contribution in [-0.4, -0.2) is 53.7 Å². The minimum atomic E-state index is -3.78. The molecule has 2 aromatic heterocycles. The van der Waals surface area contributed by atoms with E-state index in [1.165, 1.54) is 35.4 Å². The number of alkyl halides is 1. The SMILES string of the molecule is O=C1[C@@H](N2CCCC3=C2C=CC(Cl)C3)CCN1c1ccc(S(=O)(=O)Nc2nccs2)cn1. The number of pyridine rings is 1. The molecule has 1 saturated heterocycles. The Bertz CT molecular complexity index is 1180. The normalized spacial score (nSPS) is 23.6. The van der Waals surface area contributed by atoms with Gasteiger partial charge in [0, 0.05) is 36.6 Å². The second-order valence-corrected chi connectivity index (χ2v) is 11.1. The van der Waals surface area contributed by atoms with E-state index in [1.807, 2.05) is 6.08 Å². The number of sulfonamides is 1. The zero-order valence-electron chi connectivity index (χ0n) is 17.1. The zero-order valence-corrected chi connectivity index (χ0v) is 19.5. The molecule has 2 atom stereocenters. The Balaban J connectivity index is 1.32. The van der Waals surface area contributed by atoms with Gasteiger partial charge in [-0.2, -0.15) is 0 Å². The number of allylic oxidation sites excluding steroid dienone is 3. The predicted molar refractivity (Wildman–Crippen MR) is 124 cm³/mol. The number of halogens is 1. The van der Waals surface area contributed by atoms with Crippen LogP contribution in [0.3, 0.4) is 0 Å². The molecule has 11 heteroatoms. The number of thiazole rings is 1. The molecule has 8 nitrogen and oxygen atoms in total. The van der Waals surface area contributed by atoms with E-state index in [1.54, 1.807) is 16.3 Å². The van der Waals surface area contributed by atoms with E-state index in [-0.39, 0.29) is 22.2 Å². The first-order valence-corrected chi connectivity index (χ1v) is 13.2. The Morgan fingerprint density at radius 3 is 2.84 bits per heavy atom. The average molecular weight is 492 g/mol. The molecule has 5 rings (SSSR count). The summed E-state index contributed by atoms with van der Waals surface area (Å²) in [5.41, 5.74) is 2.46. The minimum Gasteiger partial charge on any atom is -0.359 e. The minimum absolute atomic E-state index is 0.0100. The van der Waals surface area contributed by atoms with Gasteiger partial charge in [0.15, 0.2) is 5.13 Å². The van der Waals surface area contributed by atoms with E-state index in [0.29, 0.717) is 23.9 Å². The third kappa shape index (κ3) is 4.02. The summed E-state index contributed by atoms with van der Waals surface area (Å²) >= 11 is 7.48. The van der Waals surface area contributed by atoms with Gasteiger partial charge >= 0.3 is 0 Å². The van der Waals surface area contributed by atoms with Gasteiger partial charge in [0.1, 0.15) is 16.8 Å². The van der Waals surface area contributed by atoms with Crippen molar-refractivity contribution in [3.05, 3.63) is 53.3 Å². The highest BCUT2D eigenvalue weighted by Crippen LogP contribution is 2.36. The first-order chi connectivity index (χ1) is 15.4. The van der Waals surface area contributed by atoms with Gasteiger partial charge in [-0.05, 0) is 49.5 Å². The Kier molecular flexibility index (Phi) is 5.68. The van der Waals surface area contributed by atoms with Crippen LogP contribution < -0.4 is 9.62 Å². The number of aromatic nitrogens is 2. The fraction of sp³-hybridized carbons (Fsp3) is 0.381. The maximum Gasteiger partial charge on any atom is 0.265 e. The Labute approximate surface area is 195 Å². The van der Waals surface area contributed by atoms with Crippen molar-refractivity contribution in [3.8, 4) is 0 Å². The summed E-state index contributed by atoms with van der Waals surface area (Å²) in [6.45, 7) is 1.38. The number of anilines is 2. The molecule has 2 aromatic rings. The van der Waals surface area contributed by atoms with Crippen LogP contribution in [0.1, 0.15) is 25.7 Å². The molecule has 1 unspecified atom stereocenters. The molecule has 168 valence electrons. The third-order valence-corrected chi connectivity index (χ3v) is 8.41. The summed E-state index contributed by atoms with van der Waals surface area (Å²) < 4.78 is 27.5. The van der Waals surface area contributed by atoms with Crippen molar-refractivity contribution in [1.82, 2.24) is 14.9 Å².